The third kappa shape index (κ3) is 3.90. The molecule has 0 atom stereocenters. The average Bonchev–Trinajstić information content (AvgIpc) is 2.77. The molecule has 0 spiro atoms. The Balaban J connectivity index is 2.09. The van der Waals surface area contributed by atoms with Gasteiger partial charge in [0.1, 0.15) is 12.4 Å². The molecule has 100 valence electrons. The number of hydrogen-bond acceptors (Lipinski definition) is 3. The lowest BCUT2D eigenvalue weighted by Gasteiger charge is -2.09. The maximum atomic E-state index is 11.5. The fourth-order valence-electron chi connectivity index (χ4n) is 1.68. The number of nitrogens with one attached hydrogen (secondary N) is 1. The molecule has 0 saturated heterocycles. The number of nitrogens with zero attached hydrogens (tertiary/aromatic N) is 2. The molecular formula is C13H14BrN3O2. The van der Waals surface area contributed by atoms with Crippen LogP contribution in [0.3, 0.4) is 0 Å². The van der Waals surface area contributed by atoms with Gasteiger partial charge in [-0.1, -0.05) is 28.1 Å². The van der Waals surface area contributed by atoms with Gasteiger partial charge in [0.25, 0.3) is 5.91 Å². The van der Waals surface area contributed by atoms with Gasteiger partial charge in [0.2, 0.25) is 0 Å². The molecular weight excluding hydrogens is 310 g/mol. The van der Waals surface area contributed by atoms with Crippen LogP contribution in [0.4, 0.5) is 5.82 Å². The third-order valence-corrected chi connectivity index (χ3v) is 2.97. The first kappa shape index (κ1) is 13.8. The van der Waals surface area contributed by atoms with Crippen molar-refractivity contribution in [1.29, 1.82) is 0 Å². The molecule has 6 heteroatoms. The van der Waals surface area contributed by atoms with Crippen molar-refractivity contribution in [2.75, 3.05) is 19.0 Å². The minimum absolute atomic E-state index is 0.0298. The fraction of sp³-hybridized carbons (Fsp3) is 0.231. The first-order chi connectivity index (χ1) is 9.19. The number of carbonyl (C=O) groups excluding carboxylic acids is 1. The molecule has 1 aromatic carbocycles. The summed E-state index contributed by atoms with van der Waals surface area (Å²) in [5.74, 6) is 0.459. The summed E-state index contributed by atoms with van der Waals surface area (Å²) >= 11 is 3.43. The van der Waals surface area contributed by atoms with Crippen molar-refractivity contribution >= 4 is 27.7 Å². The molecule has 19 heavy (non-hydrogen) atoms. The molecule has 0 fully saturated rings. The molecule has 1 aromatic heterocycles. The number of benzene rings is 1. The standard InChI is InChI=1S/C13H14BrN3O2/c1-19-9-13(18)16-12-5-6-15-17(12)8-10-3-2-4-11(14)7-10/h2-7H,8-9H2,1H3,(H,16,18). The Morgan fingerprint density at radius 2 is 2.32 bits per heavy atom. The quantitative estimate of drug-likeness (QED) is 0.918. The van der Waals surface area contributed by atoms with Gasteiger partial charge in [0.05, 0.1) is 12.7 Å². The van der Waals surface area contributed by atoms with Crippen molar-refractivity contribution < 1.29 is 9.53 Å². The van der Waals surface area contributed by atoms with E-state index in [2.05, 4.69) is 26.3 Å². The van der Waals surface area contributed by atoms with Gasteiger partial charge in [-0.15, -0.1) is 0 Å². The van der Waals surface area contributed by atoms with Gasteiger partial charge in [-0.3, -0.25) is 4.79 Å². The first-order valence-corrected chi connectivity index (χ1v) is 6.53. The predicted molar refractivity (Wildman–Crippen MR) is 76.0 cm³/mol. The van der Waals surface area contributed by atoms with E-state index >= 15 is 0 Å². The van der Waals surface area contributed by atoms with E-state index < -0.39 is 0 Å². The van der Waals surface area contributed by atoms with Crippen molar-refractivity contribution in [3.05, 3.63) is 46.6 Å². The van der Waals surface area contributed by atoms with E-state index in [1.54, 1.807) is 16.9 Å². The highest BCUT2D eigenvalue weighted by Gasteiger charge is 2.07. The molecule has 1 N–H and O–H groups in total. The van der Waals surface area contributed by atoms with Crippen LogP contribution < -0.4 is 5.32 Å². The van der Waals surface area contributed by atoms with E-state index in [1.165, 1.54) is 7.11 Å². The molecule has 0 aliphatic heterocycles. The number of aromatic nitrogens is 2. The molecule has 0 unspecified atom stereocenters. The van der Waals surface area contributed by atoms with Crippen molar-refractivity contribution in [1.82, 2.24) is 9.78 Å². The highest BCUT2D eigenvalue weighted by Crippen LogP contribution is 2.14. The third-order valence-electron chi connectivity index (χ3n) is 2.48. The van der Waals surface area contributed by atoms with Crippen LogP contribution in [-0.4, -0.2) is 29.4 Å². The summed E-state index contributed by atoms with van der Waals surface area (Å²) in [6.45, 7) is 0.622. The summed E-state index contributed by atoms with van der Waals surface area (Å²) in [6, 6.07) is 9.71. The number of carbonyl (C=O) groups is 1. The van der Waals surface area contributed by atoms with Crippen molar-refractivity contribution in [2.24, 2.45) is 0 Å². The number of hydrogen-bond donors (Lipinski definition) is 1. The maximum absolute atomic E-state index is 11.5. The molecule has 1 heterocycles. The highest BCUT2D eigenvalue weighted by molar-refractivity contribution is 9.10. The summed E-state index contributed by atoms with van der Waals surface area (Å²) in [6.07, 6.45) is 1.65. The van der Waals surface area contributed by atoms with Crippen LogP contribution in [-0.2, 0) is 16.1 Å². The van der Waals surface area contributed by atoms with Gasteiger partial charge in [-0.25, -0.2) is 4.68 Å². The van der Waals surface area contributed by atoms with Crippen LogP contribution >= 0.6 is 15.9 Å². The van der Waals surface area contributed by atoms with E-state index in [0.29, 0.717) is 12.4 Å². The Bertz CT molecular complexity index is 569. The van der Waals surface area contributed by atoms with E-state index in [0.717, 1.165) is 10.0 Å². The molecule has 0 bridgehead atoms. The number of anilines is 1. The van der Waals surface area contributed by atoms with E-state index in [-0.39, 0.29) is 12.5 Å². The second-order valence-corrected chi connectivity index (χ2v) is 4.90. The zero-order valence-electron chi connectivity index (χ0n) is 10.5. The fourth-order valence-corrected chi connectivity index (χ4v) is 2.13. The molecule has 0 aliphatic carbocycles. The van der Waals surface area contributed by atoms with Gasteiger partial charge < -0.3 is 10.1 Å². The lowest BCUT2D eigenvalue weighted by Crippen LogP contribution is -2.20. The number of ether oxygens (including phenoxy) is 1. The number of amides is 1. The summed E-state index contributed by atoms with van der Waals surface area (Å²) in [5.41, 5.74) is 1.10. The van der Waals surface area contributed by atoms with Gasteiger partial charge in [0, 0.05) is 17.6 Å². The van der Waals surface area contributed by atoms with Crippen molar-refractivity contribution in [3.8, 4) is 0 Å². The molecule has 1 amide bonds. The Morgan fingerprint density at radius 1 is 1.47 bits per heavy atom. The molecule has 0 radical (unpaired) electrons. The van der Waals surface area contributed by atoms with Crippen LogP contribution in [0.15, 0.2) is 41.0 Å². The number of methoxy groups -OCH3 is 1. The van der Waals surface area contributed by atoms with Crippen LogP contribution in [0.5, 0.6) is 0 Å². The molecule has 2 aromatic rings. The molecule has 0 saturated carbocycles. The molecule has 2 rings (SSSR count). The topological polar surface area (TPSA) is 56.1 Å². The lowest BCUT2D eigenvalue weighted by molar-refractivity contribution is -0.119. The lowest BCUT2D eigenvalue weighted by atomic mass is 10.2. The predicted octanol–water partition coefficient (Wildman–Crippen LogP) is 2.28. The number of halogens is 1. The van der Waals surface area contributed by atoms with Crippen LogP contribution in [0.2, 0.25) is 0 Å². The second-order valence-electron chi connectivity index (χ2n) is 3.99. The summed E-state index contributed by atoms with van der Waals surface area (Å²) in [4.78, 5) is 11.5. The minimum atomic E-state index is -0.196. The van der Waals surface area contributed by atoms with Crippen LogP contribution in [0.25, 0.3) is 0 Å². The number of rotatable bonds is 5. The second kappa shape index (κ2) is 6.49. The zero-order chi connectivity index (χ0) is 13.7. The van der Waals surface area contributed by atoms with Crippen molar-refractivity contribution in [3.63, 3.8) is 0 Å². The maximum Gasteiger partial charge on any atom is 0.251 e. The summed E-state index contributed by atoms with van der Waals surface area (Å²) in [7, 11) is 1.48. The molecule has 5 nitrogen and oxygen atoms in total. The average molecular weight is 324 g/mol. The normalized spacial score (nSPS) is 10.4. The summed E-state index contributed by atoms with van der Waals surface area (Å²) in [5, 5.41) is 6.95. The van der Waals surface area contributed by atoms with Crippen LogP contribution in [0.1, 0.15) is 5.56 Å². The monoisotopic (exact) mass is 323 g/mol. The zero-order valence-corrected chi connectivity index (χ0v) is 12.1. The Labute approximate surface area is 119 Å². The Kier molecular flexibility index (Phi) is 4.70. The smallest absolute Gasteiger partial charge is 0.251 e. The summed E-state index contributed by atoms with van der Waals surface area (Å²) < 4.78 is 7.53. The Morgan fingerprint density at radius 3 is 3.05 bits per heavy atom. The first-order valence-electron chi connectivity index (χ1n) is 5.74. The largest absolute Gasteiger partial charge is 0.375 e. The molecule has 0 aliphatic rings. The van der Waals surface area contributed by atoms with E-state index in [4.69, 9.17) is 4.74 Å². The Hall–Kier alpha value is -1.66. The van der Waals surface area contributed by atoms with Crippen LogP contribution in [0, 0.1) is 0 Å². The van der Waals surface area contributed by atoms with Gasteiger partial charge >= 0.3 is 0 Å². The van der Waals surface area contributed by atoms with E-state index in [9.17, 15) is 4.79 Å². The van der Waals surface area contributed by atoms with Gasteiger partial charge in [-0.05, 0) is 17.7 Å². The van der Waals surface area contributed by atoms with Gasteiger partial charge in [-0.2, -0.15) is 5.10 Å². The van der Waals surface area contributed by atoms with Crippen molar-refractivity contribution in [2.45, 2.75) is 6.54 Å². The highest BCUT2D eigenvalue weighted by atomic mass is 79.9. The minimum Gasteiger partial charge on any atom is -0.375 e. The SMILES string of the molecule is COCC(=O)Nc1ccnn1Cc1cccc(Br)c1. The van der Waals surface area contributed by atoms with Gasteiger partial charge in [0.15, 0.2) is 0 Å². The van der Waals surface area contributed by atoms with E-state index in [1.807, 2.05) is 24.3 Å².